The van der Waals surface area contributed by atoms with E-state index in [0.717, 1.165) is 0 Å². The van der Waals surface area contributed by atoms with Crippen LogP contribution in [0.1, 0.15) is 25.5 Å². The van der Waals surface area contributed by atoms with E-state index in [1.807, 2.05) is 13.8 Å². The van der Waals surface area contributed by atoms with Crippen LogP contribution >= 0.6 is 0 Å². The van der Waals surface area contributed by atoms with Crippen LogP contribution < -0.4 is 0 Å². The predicted molar refractivity (Wildman–Crippen MR) is 56.2 cm³/mol. The van der Waals surface area contributed by atoms with Gasteiger partial charge in [0.1, 0.15) is 6.10 Å². The zero-order chi connectivity index (χ0) is 11.1. The van der Waals surface area contributed by atoms with E-state index < -0.39 is 12.4 Å². The standard InChI is InChI=1S/C11H17NO3/c1-3-14-11(15-4-2)10(13)9-6-5-7-12-8-9/h5-8,10-11,13H,3-4H2,1-2H3. The van der Waals surface area contributed by atoms with Crippen molar-refractivity contribution in [1.29, 1.82) is 0 Å². The van der Waals surface area contributed by atoms with Gasteiger partial charge in [-0.3, -0.25) is 4.98 Å². The van der Waals surface area contributed by atoms with Gasteiger partial charge in [-0.05, 0) is 19.9 Å². The molecule has 1 aromatic heterocycles. The van der Waals surface area contributed by atoms with Crippen LogP contribution in [0.4, 0.5) is 0 Å². The molecule has 1 rings (SSSR count). The summed E-state index contributed by atoms with van der Waals surface area (Å²) in [7, 11) is 0. The van der Waals surface area contributed by atoms with Gasteiger partial charge in [0.25, 0.3) is 0 Å². The molecule has 1 unspecified atom stereocenters. The summed E-state index contributed by atoms with van der Waals surface area (Å²) in [4.78, 5) is 3.94. The number of hydrogen-bond acceptors (Lipinski definition) is 4. The van der Waals surface area contributed by atoms with Gasteiger partial charge in [-0.1, -0.05) is 6.07 Å². The molecule has 0 fully saturated rings. The molecular formula is C11H17NO3. The van der Waals surface area contributed by atoms with Crippen LogP contribution in [0.3, 0.4) is 0 Å². The Balaban J connectivity index is 2.67. The minimum absolute atomic E-state index is 0.502. The Labute approximate surface area is 89.9 Å². The number of aromatic nitrogens is 1. The quantitative estimate of drug-likeness (QED) is 0.725. The van der Waals surface area contributed by atoms with Gasteiger partial charge in [-0.25, -0.2) is 0 Å². The summed E-state index contributed by atoms with van der Waals surface area (Å²) >= 11 is 0. The van der Waals surface area contributed by atoms with Crippen LogP contribution in [0.15, 0.2) is 24.5 Å². The molecule has 4 heteroatoms. The first-order valence-electron chi connectivity index (χ1n) is 5.10. The Hall–Kier alpha value is -0.970. The number of hydrogen-bond donors (Lipinski definition) is 1. The number of aliphatic hydroxyl groups excluding tert-OH is 1. The normalized spacial score (nSPS) is 13.1. The van der Waals surface area contributed by atoms with E-state index in [0.29, 0.717) is 18.8 Å². The molecule has 0 radical (unpaired) electrons. The summed E-state index contributed by atoms with van der Waals surface area (Å²) in [5.41, 5.74) is 0.699. The Morgan fingerprint density at radius 1 is 1.33 bits per heavy atom. The molecule has 0 saturated carbocycles. The van der Waals surface area contributed by atoms with Crippen LogP contribution in [0.25, 0.3) is 0 Å². The fraction of sp³-hybridized carbons (Fsp3) is 0.545. The molecular weight excluding hydrogens is 194 g/mol. The number of pyridine rings is 1. The van der Waals surface area contributed by atoms with Crippen LogP contribution in [0.5, 0.6) is 0 Å². The van der Waals surface area contributed by atoms with Gasteiger partial charge < -0.3 is 14.6 Å². The predicted octanol–water partition coefficient (Wildman–Crippen LogP) is 1.51. The lowest BCUT2D eigenvalue weighted by Crippen LogP contribution is -2.25. The third-order valence-electron chi connectivity index (χ3n) is 1.95. The number of rotatable bonds is 6. The Morgan fingerprint density at radius 3 is 2.47 bits per heavy atom. The number of nitrogens with zero attached hydrogens (tertiary/aromatic N) is 1. The SMILES string of the molecule is CCOC(OCC)C(O)c1cccnc1. The van der Waals surface area contributed by atoms with E-state index in [-0.39, 0.29) is 0 Å². The molecule has 15 heavy (non-hydrogen) atoms. The van der Waals surface area contributed by atoms with Gasteiger partial charge in [0.15, 0.2) is 6.29 Å². The lowest BCUT2D eigenvalue weighted by molar-refractivity contribution is -0.191. The van der Waals surface area contributed by atoms with Crippen LogP contribution in [-0.4, -0.2) is 29.6 Å². The van der Waals surface area contributed by atoms with Gasteiger partial charge in [-0.2, -0.15) is 0 Å². The molecule has 0 aliphatic heterocycles. The van der Waals surface area contributed by atoms with Crippen molar-refractivity contribution >= 4 is 0 Å². The van der Waals surface area contributed by atoms with Gasteiger partial charge in [0.2, 0.25) is 0 Å². The molecule has 0 bridgehead atoms. The molecule has 1 heterocycles. The maximum Gasteiger partial charge on any atom is 0.187 e. The van der Waals surface area contributed by atoms with Crippen molar-refractivity contribution in [3.05, 3.63) is 30.1 Å². The number of ether oxygens (including phenoxy) is 2. The summed E-state index contributed by atoms with van der Waals surface area (Å²) < 4.78 is 10.6. The van der Waals surface area contributed by atoms with Crippen LogP contribution in [-0.2, 0) is 9.47 Å². The molecule has 1 aromatic rings. The van der Waals surface area contributed by atoms with E-state index in [2.05, 4.69) is 4.98 Å². The van der Waals surface area contributed by atoms with E-state index in [1.54, 1.807) is 24.5 Å². The summed E-state index contributed by atoms with van der Waals surface area (Å²) in [6, 6.07) is 3.57. The topological polar surface area (TPSA) is 51.6 Å². The lowest BCUT2D eigenvalue weighted by atomic mass is 10.1. The fourth-order valence-corrected chi connectivity index (χ4v) is 1.27. The maximum absolute atomic E-state index is 9.95. The first-order valence-corrected chi connectivity index (χ1v) is 5.10. The summed E-state index contributed by atoms with van der Waals surface area (Å²) in [6.07, 6.45) is 1.85. The first kappa shape index (κ1) is 12.1. The molecule has 1 atom stereocenters. The second-order valence-electron chi connectivity index (χ2n) is 3.01. The van der Waals surface area contributed by atoms with Crippen molar-refractivity contribution in [3.8, 4) is 0 Å². The third kappa shape index (κ3) is 3.58. The van der Waals surface area contributed by atoms with Gasteiger partial charge in [0, 0.05) is 31.2 Å². The average Bonchev–Trinajstić information content (AvgIpc) is 2.29. The van der Waals surface area contributed by atoms with Gasteiger partial charge in [-0.15, -0.1) is 0 Å². The van der Waals surface area contributed by atoms with Crippen molar-refractivity contribution < 1.29 is 14.6 Å². The van der Waals surface area contributed by atoms with E-state index in [1.165, 1.54) is 0 Å². The zero-order valence-corrected chi connectivity index (χ0v) is 9.09. The molecule has 0 aromatic carbocycles. The molecule has 0 saturated heterocycles. The Bertz CT molecular complexity index is 260. The molecule has 0 spiro atoms. The second kappa shape index (κ2) is 6.50. The molecule has 1 N–H and O–H groups in total. The molecule has 84 valence electrons. The Kier molecular flexibility index (Phi) is 5.25. The van der Waals surface area contributed by atoms with E-state index in [4.69, 9.17) is 9.47 Å². The maximum atomic E-state index is 9.95. The monoisotopic (exact) mass is 211 g/mol. The lowest BCUT2D eigenvalue weighted by Gasteiger charge is -2.22. The van der Waals surface area contributed by atoms with Gasteiger partial charge in [0.05, 0.1) is 0 Å². The molecule has 0 amide bonds. The van der Waals surface area contributed by atoms with Gasteiger partial charge >= 0.3 is 0 Å². The van der Waals surface area contributed by atoms with Crippen LogP contribution in [0, 0.1) is 0 Å². The zero-order valence-electron chi connectivity index (χ0n) is 9.09. The molecule has 0 aliphatic rings. The smallest absolute Gasteiger partial charge is 0.187 e. The third-order valence-corrected chi connectivity index (χ3v) is 1.95. The van der Waals surface area contributed by atoms with E-state index in [9.17, 15) is 5.11 Å². The highest BCUT2D eigenvalue weighted by molar-refractivity contribution is 5.12. The minimum atomic E-state index is -0.793. The first-order chi connectivity index (χ1) is 7.29. The largest absolute Gasteiger partial charge is 0.383 e. The highest BCUT2D eigenvalue weighted by Crippen LogP contribution is 2.18. The highest BCUT2D eigenvalue weighted by Gasteiger charge is 2.21. The molecule has 4 nitrogen and oxygen atoms in total. The van der Waals surface area contributed by atoms with Crippen molar-refractivity contribution in [1.82, 2.24) is 4.98 Å². The molecule has 0 aliphatic carbocycles. The number of aliphatic hydroxyl groups is 1. The van der Waals surface area contributed by atoms with E-state index >= 15 is 0 Å². The summed E-state index contributed by atoms with van der Waals surface area (Å²) in [5.74, 6) is 0. The highest BCUT2D eigenvalue weighted by atomic mass is 16.7. The van der Waals surface area contributed by atoms with Crippen LogP contribution in [0.2, 0.25) is 0 Å². The second-order valence-corrected chi connectivity index (χ2v) is 3.01. The van der Waals surface area contributed by atoms with Crippen molar-refractivity contribution in [2.75, 3.05) is 13.2 Å². The fourth-order valence-electron chi connectivity index (χ4n) is 1.27. The average molecular weight is 211 g/mol. The minimum Gasteiger partial charge on any atom is -0.383 e. The van der Waals surface area contributed by atoms with Crippen molar-refractivity contribution in [2.24, 2.45) is 0 Å². The summed E-state index contributed by atoms with van der Waals surface area (Å²) in [6.45, 7) is 4.73. The summed E-state index contributed by atoms with van der Waals surface area (Å²) in [5, 5.41) is 9.95. The Morgan fingerprint density at radius 2 is 2.00 bits per heavy atom. The van der Waals surface area contributed by atoms with Crippen molar-refractivity contribution in [2.45, 2.75) is 26.2 Å². The van der Waals surface area contributed by atoms with Crippen molar-refractivity contribution in [3.63, 3.8) is 0 Å².